The summed E-state index contributed by atoms with van der Waals surface area (Å²) in [6.45, 7) is -1.40. The average Bonchev–Trinajstić information content (AvgIpc) is 3.20. The van der Waals surface area contributed by atoms with Crippen LogP contribution in [0.15, 0.2) is 53.1 Å². The first-order valence-corrected chi connectivity index (χ1v) is 8.62. The van der Waals surface area contributed by atoms with Crippen LogP contribution in [-0.2, 0) is 6.54 Å². The number of methoxy groups -OCH3 is 1. The third-order valence-corrected chi connectivity index (χ3v) is 3.94. The van der Waals surface area contributed by atoms with Gasteiger partial charge in [-0.1, -0.05) is 17.3 Å². The zero-order chi connectivity index (χ0) is 21.7. The summed E-state index contributed by atoms with van der Waals surface area (Å²) in [5.74, 6) is -0.788. The molecule has 0 unspecified atom stereocenters. The van der Waals surface area contributed by atoms with Crippen molar-refractivity contribution in [3.8, 4) is 22.8 Å². The molecule has 0 aliphatic heterocycles. The zero-order valence-corrected chi connectivity index (χ0v) is 15.6. The Hall–Kier alpha value is -3.56. The number of carbonyl (C=O) groups excluding carboxylic acids is 1. The smallest absolute Gasteiger partial charge is 0.422 e. The molecule has 0 fully saturated rings. The molecule has 0 spiro atoms. The Morgan fingerprint density at radius 2 is 1.93 bits per heavy atom. The number of nitrogens with zero attached hydrogens (tertiary/aromatic N) is 1. The quantitative estimate of drug-likeness (QED) is 0.571. The number of aromatic nitrogens is 1. The molecule has 3 rings (SSSR count). The Kier molecular flexibility index (Phi) is 6.24. The van der Waals surface area contributed by atoms with E-state index >= 15 is 0 Å². The van der Waals surface area contributed by atoms with Gasteiger partial charge in [0.15, 0.2) is 18.1 Å². The molecule has 10 heteroatoms. The molecule has 0 bridgehead atoms. The van der Waals surface area contributed by atoms with Gasteiger partial charge < -0.3 is 19.3 Å². The summed E-state index contributed by atoms with van der Waals surface area (Å²) in [7, 11) is 1.41. The van der Waals surface area contributed by atoms with Crippen LogP contribution in [0.25, 0.3) is 11.3 Å². The van der Waals surface area contributed by atoms with Gasteiger partial charge in [-0.3, -0.25) is 4.79 Å². The zero-order valence-electron chi connectivity index (χ0n) is 15.6. The number of alkyl halides is 3. The van der Waals surface area contributed by atoms with E-state index in [1.54, 1.807) is 6.07 Å². The van der Waals surface area contributed by atoms with E-state index in [9.17, 15) is 22.4 Å². The lowest BCUT2D eigenvalue weighted by Crippen LogP contribution is -2.23. The number of ether oxygens (including phenoxy) is 2. The van der Waals surface area contributed by atoms with Crippen LogP contribution in [0.1, 0.15) is 16.1 Å². The van der Waals surface area contributed by atoms with Gasteiger partial charge in [0.1, 0.15) is 17.3 Å². The number of benzene rings is 2. The molecule has 3 aromatic rings. The van der Waals surface area contributed by atoms with Crippen molar-refractivity contribution in [3.05, 3.63) is 65.6 Å². The van der Waals surface area contributed by atoms with Crippen molar-refractivity contribution in [2.45, 2.75) is 12.7 Å². The number of carbonyl (C=O) groups is 1. The summed E-state index contributed by atoms with van der Waals surface area (Å²) in [5.41, 5.74) is 0.550. The van der Waals surface area contributed by atoms with Gasteiger partial charge in [0.2, 0.25) is 0 Å². The standard InChI is InChI=1S/C20H16F4N2O4/c1-28-13-5-6-15(16(21)8-13)18-9-17(26-30-18)19(27)25-10-12-3-2-4-14(7-12)29-11-20(22,23)24/h2-9H,10-11H2,1H3,(H,25,27). The van der Waals surface area contributed by atoms with Crippen LogP contribution < -0.4 is 14.8 Å². The fourth-order valence-electron chi connectivity index (χ4n) is 2.52. The van der Waals surface area contributed by atoms with E-state index in [-0.39, 0.29) is 29.3 Å². The van der Waals surface area contributed by atoms with Gasteiger partial charge in [-0.25, -0.2) is 4.39 Å². The molecule has 0 radical (unpaired) electrons. The van der Waals surface area contributed by atoms with Crippen LogP contribution in [0.3, 0.4) is 0 Å². The molecule has 0 saturated heterocycles. The van der Waals surface area contributed by atoms with E-state index in [0.29, 0.717) is 11.3 Å². The molecule has 0 atom stereocenters. The second kappa shape index (κ2) is 8.85. The Morgan fingerprint density at radius 1 is 1.13 bits per heavy atom. The maximum atomic E-state index is 14.1. The maximum Gasteiger partial charge on any atom is 0.422 e. The van der Waals surface area contributed by atoms with Crippen LogP contribution in [0.5, 0.6) is 11.5 Å². The minimum atomic E-state index is -4.45. The highest BCUT2D eigenvalue weighted by Gasteiger charge is 2.28. The molecule has 0 saturated carbocycles. The molecule has 2 aromatic carbocycles. The van der Waals surface area contributed by atoms with Gasteiger partial charge in [0.25, 0.3) is 5.91 Å². The number of hydrogen-bond donors (Lipinski definition) is 1. The number of halogens is 4. The van der Waals surface area contributed by atoms with Gasteiger partial charge in [0, 0.05) is 18.7 Å². The molecule has 1 amide bonds. The predicted molar refractivity (Wildman–Crippen MR) is 97.6 cm³/mol. The first-order chi connectivity index (χ1) is 14.2. The summed E-state index contributed by atoms with van der Waals surface area (Å²) >= 11 is 0. The minimum absolute atomic E-state index is 0.0150. The van der Waals surface area contributed by atoms with Gasteiger partial charge in [-0.15, -0.1) is 0 Å². The third-order valence-electron chi connectivity index (χ3n) is 3.94. The number of rotatable bonds is 7. The van der Waals surface area contributed by atoms with E-state index in [2.05, 4.69) is 15.2 Å². The van der Waals surface area contributed by atoms with Crippen molar-refractivity contribution in [2.75, 3.05) is 13.7 Å². The van der Waals surface area contributed by atoms with E-state index in [1.807, 2.05) is 0 Å². The lowest BCUT2D eigenvalue weighted by Gasteiger charge is -2.10. The SMILES string of the molecule is COc1ccc(-c2cc(C(=O)NCc3cccc(OCC(F)(F)F)c3)no2)c(F)c1. The number of nitrogens with one attached hydrogen (secondary N) is 1. The van der Waals surface area contributed by atoms with E-state index in [4.69, 9.17) is 9.26 Å². The first kappa shape index (κ1) is 21.2. The van der Waals surface area contributed by atoms with Crippen molar-refractivity contribution in [1.29, 1.82) is 0 Å². The number of amides is 1. The maximum absolute atomic E-state index is 14.1. The lowest BCUT2D eigenvalue weighted by molar-refractivity contribution is -0.153. The van der Waals surface area contributed by atoms with Gasteiger partial charge in [-0.05, 0) is 29.8 Å². The third kappa shape index (κ3) is 5.49. The van der Waals surface area contributed by atoms with Crippen LogP contribution in [0, 0.1) is 5.82 Å². The summed E-state index contributed by atoms with van der Waals surface area (Å²) < 4.78 is 65.5. The molecule has 30 heavy (non-hydrogen) atoms. The van der Waals surface area contributed by atoms with Gasteiger partial charge in [0.05, 0.1) is 12.7 Å². The Labute approximate surface area is 168 Å². The second-order valence-electron chi connectivity index (χ2n) is 6.16. The molecular formula is C20H16F4N2O4. The van der Waals surface area contributed by atoms with Gasteiger partial charge >= 0.3 is 6.18 Å². The van der Waals surface area contributed by atoms with E-state index in [1.165, 1.54) is 49.6 Å². The van der Waals surface area contributed by atoms with Gasteiger partial charge in [-0.2, -0.15) is 13.2 Å². The molecule has 0 aliphatic carbocycles. The molecule has 6 nitrogen and oxygen atoms in total. The molecule has 1 aromatic heterocycles. The first-order valence-electron chi connectivity index (χ1n) is 8.62. The van der Waals surface area contributed by atoms with Crippen LogP contribution in [0.2, 0.25) is 0 Å². The summed E-state index contributed by atoms with van der Waals surface area (Å²) in [5, 5.41) is 6.19. The Morgan fingerprint density at radius 3 is 2.63 bits per heavy atom. The summed E-state index contributed by atoms with van der Waals surface area (Å²) in [6, 6.07) is 11.3. The largest absolute Gasteiger partial charge is 0.497 e. The fraction of sp³-hybridized carbons (Fsp3) is 0.200. The topological polar surface area (TPSA) is 73.6 Å². The van der Waals surface area contributed by atoms with E-state index in [0.717, 1.165) is 0 Å². The van der Waals surface area contributed by atoms with Crippen LogP contribution in [-0.4, -0.2) is 31.0 Å². The summed E-state index contributed by atoms with van der Waals surface area (Å²) in [6.07, 6.45) is -4.45. The van der Waals surface area contributed by atoms with Crippen molar-refractivity contribution in [3.63, 3.8) is 0 Å². The van der Waals surface area contributed by atoms with Crippen molar-refractivity contribution < 1.29 is 36.4 Å². The lowest BCUT2D eigenvalue weighted by atomic mass is 10.1. The van der Waals surface area contributed by atoms with Crippen molar-refractivity contribution in [2.24, 2.45) is 0 Å². The van der Waals surface area contributed by atoms with Crippen molar-refractivity contribution in [1.82, 2.24) is 10.5 Å². The predicted octanol–water partition coefficient (Wildman–Crippen LogP) is 4.36. The minimum Gasteiger partial charge on any atom is -0.497 e. The highest BCUT2D eigenvalue weighted by molar-refractivity contribution is 5.93. The van der Waals surface area contributed by atoms with E-state index < -0.39 is 24.5 Å². The number of hydrogen-bond acceptors (Lipinski definition) is 5. The average molecular weight is 424 g/mol. The Bertz CT molecular complexity index is 1030. The molecule has 1 heterocycles. The van der Waals surface area contributed by atoms with Crippen LogP contribution in [0.4, 0.5) is 17.6 Å². The molecule has 0 aliphatic rings. The van der Waals surface area contributed by atoms with Crippen molar-refractivity contribution >= 4 is 5.91 Å². The van der Waals surface area contributed by atoms with Crippen LogP contribution >= 0.6 is 0 Å². The normalized spacial score (nSPS) is 11.2. The Balaban J connectivity index is 1.62. The highest BCUT2D eigenvalue weighted by Crippen LogP contribution is 2.27. The molecule has 1 N–H and O–H groups in total. The second-order valence-corrected chi connectivity index (χ2v) is 6.16. The monoisotopic (exact) mass is 424 g/mol. The fourth-order valence-corrected chi connectivity index (χ4v) is 2.52. The molecule has 158 valence electrons. The molecular weight excluding hydrogens is 408 g/mol. The summed E-state index contributed by atoms with van der Waals surface area (Å²) in [4.78, 5) is 12.3. The highest BCUT2D eigenvalue weighted by atomic mass is 19.4.